The molecule has 0 N–H and O–H groups in total. The molecule has 10 nitrogen and oxygen atoms in total. The average Bonchev–Trinajstić information content (AvgIpc) is 4.37. The fourth-order valence-corrected chi connectivity index (χ4v) is 11.8. The van der Waals surface area contributed by atoms with Crippen molar-refractivity contribution < 1.29 is 0 Å². The molecule has 0 radical (unpaired) electrons. The molecule has 8 heterocycles. The van der Waals surface area contributed by atoms with Crippen LogP contribution in [0.25, 0.3) is 146 Å². The Kier molecular flexibility index (Phi) is 10.3. The van der Waals surface area contributed by atoms with Gasteiger partial charge in [-0.05, 0) is 70.8 Å². The van der Waals surface area contributed by atoms with Gasteiger partial charge in [-0.2, -0.15) is 19.9 Å². The van der Waals surface area contributed by atoms with Gasteiger partial charge in [0, 0.05) is 56.5 Å². The van der Waals surface area contributed by atoms with Crippen LogP contribution in [0.4, 0.5) is 0 Å². The summed E-state index contributed by atoms with van der Waals surface area (Å²) in [5.74, 6) is 3.43. The smallest absolute Gasteiger partial charge is 0.238 e. The van der Waals surface area contributed by atoms with E-state index in [0.29, 0.717) is 35.2 Å². The first-order valence-electron chi connectivity index (χ1n) is 26.7. The maximum absolute atomic E-state index is 5.35. The third-order valence-corrected chi connectivity index (χ3v) is 15.3. The van der Waals surface area contributed by atoms with Crippen LogP contribution in [0, 0.1) is 0 Å². The molecular weight excluding hydrogens is 981 g/mol. The van der Waals surface area contributed by atoms with Gasteiger partial charge in [-0.25, -0.2) is 9.97 Å². The van der Waals surface area contributed by atoms with Gasteiger partial charge >= 0.3 is 0 Å². The lowest BCUT2D eigenvalue weighted by atomic mass is 10.0. The van der Waals surface area contributed by atoms with Gasteiger partial charge in [-0.1, -0.05) is 206 Å². The van der Waals surface area contributed by atoms with E-state index in [1.807, 2.05) is 72.8 Å². The maximum atomic E-state index is 5.35. The molecule has 0 saturated carbocycles. The molecule has 0 amide bonds. The normalized spacial score (nSPS) is 11.8. The molecule has 0 unspecified atom stereocenters. The molecule has 0 spiro atoms. The van der Waals surface area contributed by atoms with E-state index < -0.39 is 0 Å². The van der Waals surface area contributed by atoms with Crippen molar-refractivity contribution in [2.75, 3.05) is 0 Å². The number of fused-ring (bicyclic) bond motifs is 10. The first kappa shape index (κ1) is 45.1. The largest absolute Gasteiger partial charge is 0.314 e. The Bertz CT molecular complexity index is 4590. The van der Waals surface area contributed by atoms with Crippen LogP contribution in [0.5, 0.6) is 0 Å². The Morgan fingerprint density at radius 3 is 0.850 bits per heavy atom. The van der Waals surface area contributed by atoms with Crippen molar-refractivity contribution in [3.05, 3.63) is 267 Å². The predicted molar refractivity (Wildman–Crippen MR) is 322 cm³/mol. The van der Waals surface area contributed by atoms with Crippen LogP contribution in [0.2, 0.25) is 0 Å². The fraction of sp³-hybridized carbons (Fsp3) is 0. The molecule has 0 atom stereocenters. The van der Waals surface area contributed by atoms with E-state index in [2.05, 4.69) is 212 Å². The van der Waals surface area contributed by atoms with Crippen LogP contribution in [0.3, 0.4) is 0 Å². The van der Waals surface area contributed by atoms with Crippen LogP contribution >= 0.6 is 0 Å². The van der Waals surface area contributed by atoms with Gasteiger partial charge in [0.25, 0.3) is 0 Å². The standard InChI is InChI=1S/C70H44N10/c1-7-23-45(24-8-1)59-57-35-19-21-41-77(57)61-53-43-51(37-39-55(53)79(63(59)61)69-73-65(47-27-11-3-12-28-47)71-66(74-69)48-29-13-4-14-30-48)52-38-40-56-54(44-52)62-64(60(46-25-9-2-10-26-46)58-36-20-22-42-78(58)62)80(56)70-75-67(49-31-15-5-16-32-49)72-68(76-70)50-33-17-6-18-34-50/h1-44H. The van der Waals surface area contributed by atoms with Crippen LogP contribution in [0.15, 0.2) is 267 Å². The summed E-state index contributed by atoms with van der Waals surface area (Å²) < 4.78 is 9.14. The molecule has 0 fully saturated rings. The second kappa shape index (κ2) is 18.3. The van der Waals surface area contributed by atoms with E-state index in [0.717, 1.165) is 111 Å². The lowest BCUT2D eigenvalue weighted by molar-refractivity contribution is 0.953. The predicted octanol–water partition coefficient (Wildman–Crippen LogP) is 16.4. The van der Waals surface area contributed by atoms with Crippen LogP contribution in [0.1, 0.15) is 0 Å². The summed E-state index contributed by atoms with van der Waals surface area (Å²) >= 11 is 0. The number of benzene rings is 8. The monoisotopic (exact) mass is 1020 g/mol. The summed E-state index contributed by atoms with van der Waals surface area (Å²) in [6, 6.07) is 88.4. The molecule has 0 aliphatic rings. The molecule has 80 heavy (non-hydrogen) atoms. The van der Waals surface area contributed by atoms with Crippen molar-refractivity contribution in [3.63, 3.8) is 0 Å². The summed E-state index contributed by atoms with van der Waals surface area (Å²) in [5.41, 5.74) is 18.3. The van der Waals surface area contributed by atoms with E-state index in [4.69, 9.17) is 29.9 Å². The lowest BCUT2D eigenvalue weighted by Gasteiger charge is -2.13. The zero-order valence-corrected chi connectivity index (χ0v) is 42.9. The Morgan fingerprint density at radius 1 is 0.225 bits per heavy atom. The quantitative estimate of drug-likeness (QED) is 0.143. The minimum Gasteiger partial charge on any atom is -0.314 e. The maximum Gasteiger partial charge on any atom is 0.238 e. The molecular formula is C70H44N10. The SMILES string of the molecule is c1ccc(-c2nc(-c3ccccc3)nc(-n3c4ccc(-c5ccc6c(c5)c5c(c(-c7ccccc7)c7ccccn75)n6-c5nc(-c6ccccc6)nc(-c6ccccc6)n5)cc4c4c3c(-c3ccccc3)c3ccccn34)n2)cc1. The van der Waals surface area contributed by atoms with Gasteiger partial charge < -0.3 is 8.80 Å². The van der Waals surface area contributed by atoms with Gasteiger partial charge in [0.15, 0.2) is 23.3 Å². The number of hydrogen-bond donors (Lipinski definition) is 0. The summed E-state index contributed by atoms with van der Waals surface area (Å²) in [4.78, 5) is 31.6. The molecule has 8 aromatic carbocycles. The number of pyridine rings is 2. The fourth-order valence-electron chi connectivity index (χ4n) is 11.8. The van der Waals surface area contributed by atoms with Crippen LogP contribution in [-0.4, -0.2) is 47.8 Å². The van der Waals surface area contributed by atoms with E-state index in [9.17, 15) is 0 Å². The minimum absolute atomic E-state index is 0.530. The number of aromatic nitrogens is 10. The van der Waals surface area contributed by atoms with Gasteiger partial charge in [0.2, 0.25) is 11.9 Å². The number of nitrogens with zero attached hydrogens (tertiary/aromatic N) is 10. The zero-order valence-electron chi connectivity index (χ0n) is 42.9. The number of hydrogen-bond acceptors (Lipinski definition) is 6. The molecule has 16 rings (SSSR count). The van der Waals surface area contributed by atoms with E-state index in [1.54, 1.807) is 0 Å². The summed E-state index contributed by atoms with van der Waals surface area (Å²) in [6.45, 7) is 0. The van der Waals surface area contributed by atoms with E-state index in [-0.39, 0.29) is 0 Å². The van der Waals surface area contributed by atoms with Crippen molar-refractivity contribution in [3.8, 4) is 90.8 Å². The van der Waals surface area contributed by atoms with Crippen molar-refractivity contribution in [2.45, 2.75) is 0 Å². The highest BCUT2D eigenvalue weighted by molar-refractivity contribution is 6.20. The molecule has 16 aromatic rings. The molecule has 0 aliphatic heterocycles. The second-order valence-electron chi connectivity index (χ2n) is 20.0. The van der Waals surface area contributed by atoms with Gasteiger partial charge in [-0.3, -0.25) is 9.13 Å². The van der Waals surface area contributed by atoms with Crippen molar-refractivity contribution in [2.24, 2.45) is 0 Å². The van der Waals surface area contributed by atoms with E-state index >= 15 is 0 Å². The third-order valence-electron chi connectivity index (χ3n) is 15.3. The average molecular weight is 1030 g/mol. The summed E-state index contributed by atoms with van der Waals surface area (Å²) in [6.07, 6.45) is 4.33. The molecule has 0 aliphatic carbocycles. The molecule has 374 valence electrons. The van der Waals surface area contributed by atoms with Crippen molar-refractivity contribution in [1.82, 2.24) is 47.8 Å². The molecule has 0 saturated heterocycles. The highest BCUT2D eigenvalue weighted by Crippen LogP contribution is 2.46. The Hall–Kier alpha value is -11.1. The van der Waals surface area contributed by atoms with Crippen LogP contribution in [-0.2, 0) is 0 Å². The van der Waals surface area contributed by atoms with Crippen molar-refractivity contribution in [1.29, 1.82) is 0 Å². The Morgan fingerprint density at radius 2 is 0.525 bits per heavy atom. The highest BCUT2D eigenvalue weighted by Gasteiger charge is 2.28. The van der Waals surface area contributed by atoms with Crippen molar-refractivity contribution >= 4 is 54.9 Å². The Labute approximate surface area is 458 Å². The highest BCUT2D eigenvalue weighted by atomic mass is 15.2. The topological polar surface area (TPSA) is 96.0 Å². The van der Waals surface area contributed by atoms with Gasteiger partial charge in [0.05, 0.1) is 44.1 Å². The minimum atomic E-state index is 0.530. The van der Waals surface area contributed by atoms with Crippen LogP contribution < -0.4 is 0 Å². The second-order valence-corrected chi connectivity index (χ2v) is 20.0. The first-order chi connectivity index (χ1) is 39.7. The molecule has 0 bridgehead atoms. The third kappa shape index (κ3) is 7.20. The summed E-state index contributed by atoms with van der Waals surface area (Å²) in [7, 11) is 0. The first-order valence-corrected chi connectivity index (χ1v) is 26.7. The van der Waals surface area contributed by atoms with E-state index in [1.165, 1.54) is 0 Å². The summed E-state index contributed by atoms with van der Waals surface area (Å²) in [5, 5.41) is 2.11. The molecule has 8 aromatic heterocycles. The number of rotatable bonds is 9. The zero-order chi connectivity index (χ0) is 52.7. The van der Waals surface area contributed by atoms with Gasteiger partial charge in [-0.15, -0.1) is 0 Å². The van der Waals surface area contributed by atoms with Gasteiger partial charge in [0.1, 0.15) is 0 Å². The Balaban J connectivity index is 0.979. The lowest BCUT2D eigenvalue weighted by Crippen LogP contribution is -2.06. The molecule has 10 heteroatoms.